The van der Waals surface area contributed by atoms with E-state index < -0.39 is 23.2 Å². The number of likely N-dealkylation sites (tertiary alicyclic amines) is 1. The van der Waals surface area contributed by atoms with Crippen LogP contribution >= 0.6 is 0 Å². The van der Waals surface area contributed by atoms with Crippen LogP contribution in [0.4, 0.5) is 0 Å². The number of ether oxygens (including phenoxy) is 1. The molecule has 2 heterocycles. The number of Topliss-reactive ketones (excluding diaryl/α,β-unsaturated/α-hetero) is 1. The van der Waals surface area contributed by atoms with Gasteiger partial charge in [0, 0.05) is 30.7 Å². The molecule has 0 amide bonds. The Balaban J connectivity index is 1.61. The van der Waals surface area contributed by atoms with Crippen LogP contribution in [0.15, 0.2) is 12.1 Å². The van der Waals surface area contributed by atoms with E-state index in [0.29, 0.717) is 49.6 Å². The average Bonchev–Trinajstić information content (AvgIpc) is 3.37. The Morgan fingerprint density at radius 1 is 1.37 bits per heavy atom. The van der Waals surface area contributed by atoms with Crippen molar-refractivity contribution in [1.29, 1.82) is 5.26 Å². The lowest BCUT2D eigenvalue weighted by atomic mass is 9.48. The SMILES string of the molecule is N#Cc1ccc2c3c1OC1C(=O)CC[C@@]4(O)[C@@H](C2)[N+]([O-])(CC2CC2)CC[C@]314. The molecule has 0 aromatic heterocycles. The molecule has 27 heavy (non-hydrogen) atoms. The molecule has 2 bridgehead atoms. The summed E-state index contributed by atoms with van der Waals surface area (Å²) in [5.41, 5.74) is 0.129. The molecule has 5 aliphatic rings. The van der Waals surface area contributed by atoms with Gasteiger partial charge >= 0.3 is 0 Å². The summed E-state index contributed by atoms with van der Waals surface area (Å²) in [6, 6.07) is 5.34. The fourth-order valence-electron chi connectivity index (χ4n) is 6.64. The third-order valence-electron chi connectivity index (χ3n) is 7.99. The van der Waals surface area contributed by atoms with Crippen molar-refractivity contribution in [3.8, 4) is 11.8 Å². The van der Waals surface area contributed by atoms with Gasteiger partial charge in [0.1, 0.15) is 23.5 Å². The van der Waals surface area contributed by atoms with Crippen LogP contribution in [0.1, 0.15) is 48.8 Å². The van der Waals surface area contributed by atoms with Gasteiger partial charge in [-0.15, -0.1) is 0 Å². The minimum Gasteiger partial charge on any atom is -0.632 e. The number of hydrogen-bond donors (Lipinski definition) is 1. The Kier molecular flexibility index (Phi) is 2.81. The van der Waals surface area contributed by atoms with Gasteiger partial charge in [-0.05, 0) is 30.9 Å². The number of benzene rings is 1. The number of hydrogen-bond acceptors (Lipinski definition) is 5. The Bertz CT molecular complexity index is 935. The molecule has 2 unspecified atom stereocenters. The number of ketones is 1. The molecule has 6 nitrogen and oxygen atoms in total. The molecular formula is C21H22N2O4. The van der Waals surface area contributed by atoms with Gasteiger partial charge in [0.15, 0.2) is 11.9 Å². The number of quaternary nitrogens is 1. The van der Waals surface area contributed by atoms with Crippen molar-refractivity contribution >= 4 is 5.78 Å². The number of hydroxylamine groups is 3. The van der Waals surface area contributed by atoms with E-state index in [-0.39, 0.29) is 16.9 Å². The third kappa shape index (κ3) is 1.70. The Morgan fingerprint density at radius 2 is 2.19 bits per heavy atom. The van der Waals surface area contributed by atoms with Crippen LogP contribution < -0.4 is 4.74 Å². The first kappa shape index (κ1) is 16.1. The Labute approximate surface area is 157 Å². The maximum absolute atomic E-state index is 13.9. The molecule has 3 aliphatic carbocycles. The number of nitriles is 1. The predicted octanol–water partition coefficient (Wildman–Crippen LogP) is 1.70. The second-order valence-electron chi connectivity index (χ2n) is 9.22. The molecule has 0 radical (unpaired) electrons. The topological polar surface area (TPSA) is 93.4 Å². The van der Waals surface area contributed by atoms with Gasteiger partial charge in [-0.3, -0.25) is 4.79 Å². The summed E-state index contributed by atoms with van der Waals surface area (Å²) >= 11 is 0. The number of piperidine rings is 1. The van der Waals surface area contributed by atoms with Gasteiger partial charge in [0.2, 0.25) is 0 Å². The van der Waals surface area contributed by atoms with Crippen LogP contribution in [0, 0.1) is 22.5 Å². The molecule has 140 valence electrons. The summed E-state index contributed by atoms with van der Waals surface area (Å²) < 4.78 is 5.75. The van der Waals surface area contributed by atoms with E-state index in [2.05, 4.69) is 6.07 Å². The zero-order valence-electron chi connectivity index (χ0n) is 15.1. The number of carbonyl (C=O) groups is 1. The lowest BCUT2D eigenvalue weighted by Gasteiger charge is -2.67. The van der Waals surface area contributed by atoms with Crippen LogP contribution in [0.25, 0.3) is 0 Å². The number of carbonyl (C=O) groups excluding carboxylic acids is 1. The Morgan fingerprint density at radius 3 is 2.93 bits per heavy atom. The van der Waals surface area contributed by atoms with Crippen LogP contribution in [-0.2, 0) is 16.6 Å². The van der Waals surface area contributed by atoms with Crippen LogP contribution in [0.3, 0.4) is 0 Å². The summed E-state index contributed by atoms with van der Waals surface area (Å²) in [5, 5.41) is 35.5. The highest BCUT2D eigenvalue weighted by Crippen LogP contribution is 2.65. The molecular weight excluding hydrogens is 344 g/mol. The molecule has 2 saturated carbocycles. The highest BCUT2D eigenvalue weighted by molar-refractivity contribution is 5.90. The van der Waals surface area contributed by atoms with E-state index in [1.54, 1.807) is 6.07 Å². The molecule has 3 fully saturated rings. The monoisotopic (exact) mass is 366 g/mol. The minimum absolute atomic E-state index is 0.0144. The highest BCUT2D eigenvalue weighted by atomic mass is 16.6. The lowest BCUT2D eigenvalue weighted by Crippen LogP contribution is -2.80. The molecule has 5 atom stereocenters. The van der Waals surface area contributed by atoms with E-state index in [0.717, 1.165) is 24.0 Å². The molecule has 2 aliphatic heterocycles. The lowest BCUT2D eigenvalue weighted by molar-refractivity contribution is -0.923. The van der Waals surface area contributed by atoms with Crippen molar-refractivity contribution in [2.45, 2.75) is 61.7 Å². The summed E-state index contributed by atoms with van der Waals surface area (Å²) in [6.07, 6.45) is 2.93. The minimum atomic E-state index is -1.24. The molecule has 1 aromatic rings. The summed E-state index contributed by atoms with van der Waals surface area (Å²) in [4.78, 5) is 12.8. The van der Waals surface area contributed by atoms with Crippen molar-refractivity contribution in [3.63, 3.8) is 0 Å². The first-order chi connectivity index (χ1) is 12.9. The average molecular weight is 366 g/mol. The second kappa shape index (κ2) is 4.72. The van der Waals surface area contributed by atoms with Gasteiger partial charge in [-0.2, -0.15) is 5.26 Å². The highest BCUT2D eigenvalue weighted by Gasteiger charge is 2.76. The van der Waals surface area contributed by atoms with Crippen LogP contribution in [0.2, 0.25) is 0 Å². The molecule has 1 spiro atoms. The van der Waals surface area contributed by atoms with Crippen molar-refractivity contribution in [1.82, 2.24) is 0 Å². The van der Waals surface area contributed by atoms with Gasteiger partial charge in [-0.25, -0.2) is 0 Å². The summed E-state index contributed by atoms with van der Waals surface area (Å²) in [7, 11) is 0. The van der Waals surface area contributed by atoms with Gasteiger partial charge in [0.05, 0.1) is 24.1 Å². The largest absolute Gasteiger partial charge is 0.632 e. The van der Waals surface area contributed by atoms with Gasteiger partial charge < -0.3 is 19.7 Å². The first-order valence-corrected chi connectivity index (χ1v) is 9.99. The van der Waals surface area contributed by atoms with Crippen LogP contribution in [0.5, 0.6) is 5.75 Å². The zero-order valence-corrected chi connectivity index (χ0v) is 15.1. The fourth-order valence-corrected chi connectivity index (χ4v) is 6.64. The molecule has 1 N–H and O–H groups in total. The third-order valence-corrected chi connectivity index (χ3v) is 7.99. The summed E-state index contributed by atoms with van der Waals surface area (Å²) in [6.45, 7) is 0.979. The standard InChI is InChI=1S/C21H22N2O4/c22-10-14-4-3-13-9-16-21(25)6-5-15(24)19-20(21,17(13)18(14)27-19)7-8-23(16,26)11-12-1-2-12/h3-4,12,16,19,25H,1-2,5-9,11H2/t16-,19?,20+,21-,23?/m1/s1. The number of nitrogens with zero attached hydrogens (tertiary/aromatic N) is 2. The fraction of sp³-hybridized carbons (Fsp3) is 0.619. The van der Waals surface area contributed by atoms with Crippen molar-refractivity contribution < 1.29 is 19.3 Å². The first-order valence-electron chi connectivity index (χ1n) is 9.99. The van der Waals surface area contributed by atoms with E-state index in [1.165, 1.54) is 0 Å². The van der Waals surface area contributed by atoms with Crippen molar-refractivity contribution in [2.24, 2.45) is 5.92 Å². The number of rotatable bonds is 2. The second-order valence-corrected chi connectivity index (χ2v) is 9.22. The molecule has 6 heteroatoms. The maximum atomic E-state index is 13.9. The molecule has 1 saturated heterocycles. The van der Waals surface area contributed by atoms with Crippen LogP contribution in [-0.4, -0.2) is 46.4 Å². The van der Waals surface area contributed by atoms with Crippen molar-refractivity contribution in [3.05, 3.63) is 34.0 Å². The van der Waals surface area contributed by atoms with E-state index >= 15 is 0 Å². The zero-order chi connectivity index (χ0) is 18.6. The Hall–Kier alpha value is -1.94. The normalized spacial score (nSPS) is 43.7. The van der Waals surface area contributed by atoms with Gasteiger partial charge in [-0.1, -0.05) is 6.07 Å². The molecule has 1 aromatic carbocycles. The van der Waals surface area contributed by atoms with E-state index in [1.807, 2.05) is 6.07 Å². The van der Waals surface area contributed by atoms with E-state index in [4.69, 9.17) is 4.74 Å². The quantitative estimate of drug-likeness (QED) is 0.635. The molecule has 6 rings (SSSR count). The number of aliphatic hydroxyl groups is 1. The van der Waals surface area contributed by atoms with E-state index in [9.17, 15) is 20.4 Å². The van der Waals surface area contributed by atoms with Gasteiger partial charge in [0.25, 0.3) is 0 Å². The predicted molar refractivity (Wildman–Crippen MR) is 94.6 cm³/mol. The van der Waals surface area contributed by atoms with Crippen molar-refractivity contribution in [2.75, 3.05) is 13.1 Å². The summed E-state index contributed by atoms with van der Waals surface area (Å²) in [5.74, 6) is 0.929. The maximum Gasteiger partial charge on any atom is 0.174 e. The smallest absolute Gasteiger partial charge is 0.174 e.